The van der Waals surface area contributed by atoms with Crippen molar-refractivity contribution in [2.24, 2.45) is 13.0 Å². The molecule has 4 rings (SSSR count). The lowest BCUT2D eigenvalue weighted by molar-refractivity contribution is -0.121. The summed E-state index contributed by atoms with van der Waals surface area (Å²) in [5.74, 6) is 0.817. The molecule has 0 radical (unpaired) electrons. The molecule has 140 valence electrons. The number of carbonyl (C=O) groups is 1. The summed E-state index contributed by atoms with van der Waals surface area (Å²) < 4.78 is 2.02. The van der Waals surface area contributed by atoms with E-state index in [-0.39, 0.29) is 5.91 Å². The summed E-state index contributed by atoms with van der Waals surface area (Å²) >= 11 is 0. The van der Waals surface area contributed by atoms with Crippen LogP contribution in [-0.2, 0) is 18.3 Å². The van der Waals surface area contributed by atoms with Gasteiger partial charge in [0.15, 0.2) is 0 Å². The largest absolute Gasteiger partial charge is 0.356 e. The van der Waals surface area contributed by atoms with Crippen molar-refractivity contribution in [3.8, 4) is 0 Å². The van der Waals surface area contributed by atoms with Gasteiger partial charge in [-0.15, -0.1) is 0 Å². The highest BCUT2D eigenvalue weighted by Gasteiger charge is 2.32. The Kier molecular flexibility index (Phi) is 5.25. The van der Waals surface area contributed by atoms with Crippen molar-refractivity contribution < 1.29 is 4.79 Å². The second kappa shape index (κ2) is 7.78. The summed E-state index contributed by atoms with van der Waals surface area (Å²) in [6, 6.07) is 7.00. The topological polar surface area (TPSA) is 50.2 Å². The van der Waals surface area contributed by atoms with Crippen LogP contribution >= 0.6 is 0 Å². The van der Waals surface area contributed by atoms with Crippen LogP contribution in [0, 0.1) is 5.92 Å². The van der Waals surface area contributed by atoms with Gasteiger partial charge in [-0.2, -0.15) is 0 Å². The van der Waals surface area contributed by atoms with Gasteiger partial charge in [-0.05, 0) is 68.8 Å². The maximum Gasteiger partial charge on any atom is 0.220 e. The molecule has 0 bridgehead atoms. The first kappa shape index (κ1) is 17.5. The SMILES string of the molecule is Cn1cnc2cc(CCC(=O)NCC3CCCN4CCCCC34)ccc21. The third-order valence-corrected chi connectivity index (χ3v) is 6.22. The number of hydrogen-bond donors (Lipinski definition) is 1. The quantitative estimate of drug-likeness (QED) is 0.898. The molecular weight excluding hydrogens is 324 g/mol. The minimum atomic E-state index is 0.180. The van der Waals surface area contributed by atoms with Crippen LogP contribution in [0.4, 0.5) is 0 Å². The molecule has 0 aliphatic carbocycles. The highest BCUT2D eigenvalue weighted by atomic mass is 16.1. The Morgan fingerprint density at radius 2 is 2.12 bits per heavy atom. The summed E-state index contributed by atoms with van der Waals surface area (Å²) in [5.41, 5.74) is 3.32. The van der Waals surface area contributed by atoms with Crippen molar-refractivity contribution in [1.29, 1.82) is 0 Å². The number of imidazole rings is 1. The highest BCUT2D eigenvalue weighted by molar-refractivity contribution is 5.78. The molecule has 2 saturated heterocycles. The average molecular weight is 354 g/mol. The van der Waals surface area contributed by atoms with E-state index < -0.39 is 0 Å². The summed E-state index contributed by atoms with van der Waals surface area (Å²) in [5, 5.41) is 3.21. The van der Waals surface area contributed by atoms with E-state index in [4.69, 9.17) is 0 Å². The Labute approximate surface area is 155 Å². The second-order valence-corrected chi connectivity index (χ2v) is 7.98. The van der Waals surface area contributed by atoms with Crippen LogP contribution in [-0.4, -0.2) is 46.0 Å². The van der Waals surface area contributed by atoms with Gasteiger partial charge >= 0.3 is 0 Å². The fourth-order valence-corrected chi connectivity index (χ4v) is 4.74. The van der Waals surface area contributed by atoms with Crippen LogP contribution in [0.5, 0.6) is 0 Å². The molecule has 5 nitrogen and oxygen atoms in total. The molecule has 1 aromatic heterocycles. The van der Waals surface area contributed by atoms with Gasteiger partial charge in [-0.3, -0.25) is 4.79 Å². The fraction of sp³-hybridized carbons (Fsp3) is 0.619. The monoisotopic (exact) mass is 354 g/mol. The molecule has 1 amide bonds. The molecule has 2 aromatic rings. The minimum Gasteiger partial charge on any atom is -0.356 e. The van der Waals surface area contributed by atoms with Crippen molar-refractivity contribution in [2.45, 2.75) is 51.0 Å². The fourth-order valence-electron chi connectivity index (χ4n) is 4.74. The second-order valence-electron chi connectivity index (χ2n) is 7.98. The number of amides is 1. The van der Waals surface area contributed by atoms with Crippen molar-refractivity contribution in [3.05, 3.63) is 30.1 Å². The average Bonchev–Trinajstić information content (AvgIpc) is 3.05. The zero-order chi connectivity index (χ0) is 17.9. The van der Waals surface area contributed by atoms with E-state index in [2.05, 4.69) is 33.4 Å². The molecule has 0 spiro atoms. The summed E-state index contributed by atoms with van der Waals surface area (Å²) in [4.78, 5) is 19.4. The van der Waals surface area contributed by atoms with E-state index >= 15 is 0 Å². The van der Waals surface area contributed by atoms with Crippen LogP contribution in [0.2, 0.25) is 0 Å². The number of carbonyl (C=O) groups excluding carboxylic acids is 1. The molecule has 1 N–H and O–H groups in total. The van der Waals surface area contributed by atoms with Gasteiger partial charge in [0.1, 0.15) is 0 Å². The number of piperidine rings is 2. The molecule has 2 fully saturated rings. The van der Waals surface area contributed by atoms with E-state index in [9.17, 15) is 4.79 Å². The van der Waals surface area contributed by atoms with Crippen molar-refractivity contribution in [3.63, 3.8) is 0 Å². The van der Waals surface area contributed by atoms with Crippen molar-refractivity contribution in [2.75, 3.05) is 19.6 Å². The number of nitrogens with one attached hydrogen (secondary N) is 1. The summed E-state index contributed by atoms with van der Waals surface area (Å²) in [6.07, 6.45) is 9.71. The van der Waals surface area contributed by atoms with Gasteiger partial charge in [0.05, 0.1) is 17.4 Å². The van der Waals surface area contributed by atoms with E-state index in [1.54, 1.807) is 0 Å². The van der Waals surface area contributed by atoms with Gasteiger partial charge < -0.3 is 14.8 Å². The lowest BCUT2D eigenvalue weighted by Gasteiger charge is -2.44. The number of rotatable bonds is 5. The Bertz CT molecular complexity index is 766. The van der Waals surface area contributed by atoms with Gasteiger partial charge in [-0.1, -0.05) is 12.5 Å². The molecule has 2 unspecified atom stereocenters. The first-order chi connectivity index (χ1) is 12.7. The van der Waals surface area contributed by atoms with Crippen LogP contribution in [0.1, 0.15) is 44.1 Å². The zero-order valence-electron chi connectivity index (χ0n) is 15.8. The first-order valence-electron chi connectivity index (χ1n) is 10.1. The summed E-state index contributed by atoms with van der Waals surface area (Å²) in [7, 11) is 2.00. The van der Waals surface area contributed by atoms with Crippen molar-refractivity contribution >= 4 is 16.9 Å². The number of fused-ring (bicyclic) bond motifs is 2. The number of nitrogens with zero attached hydrogens (tertiary/aromatic N) is 3. The Morgan fingerprint density at radius 3 is 3.04 bits per heavy atom. The molecule has 2 atom stereocenters. The standard InChI is InChI=1S/C21H30N4O/c1-24-15-23-18-13-16(7-9-20(18)24)8-10-21(26)22-14-17-5-4-12-25-11-3-2-6-19(17)25/h7,9,13,15,17,19H,2-6,8,10-12,14H2,1H3,(H,22,26). The zero-order valence-corrected chi connectivity index (χ0v) is 15.8. The normalized spacial score (nSPS) is 23.7. The lowest BCUT2D eigenvalue weighted by atomic mass is 9.83. The third-order valence-electron chi connectivity index (χ3n) is 6.22. The van der Waals surface area contributed by atoms with E-state index in [0.717, 1.165) is 24.0 Å². The molecular formula is C21H30N4O. The predicted octanol–water partition coefficient (Wildman–Crippen LogP) is 2.89. The molecule has 0 saturated carbocycles. The van der Waals surface area contributed by atoms with Crippen LogP contribution in [0.3, 0.4) is 0 Å². The molecule has 2 aliphatic heterocycles. The van der Waals surface area contributed by atoms with E-state index in [1.807, 2.05) is 17.9 Å². The number of aromatic nitrogens is 2. The number of benzene rings is 1. The maximum atomic E-state index is 12.3. The smallest absolute Gasteiger partial charge is 0.220 e. The molecule has 1 aromatic carbocycles. The first-order valence-corrected chi connectivity index (χ1v) is 10.1. The van der Waals surface area contributed by atoms with Gasteiger partial charge in [0, 0.05) is 26.1 Å². The molecule has 2 aliphatic rings. The van der Waals surface area contributed by atoms with Crippen LogP contribution in [0.15, 0.2) is 24.5 Å². The molecule has 26 heavy (non-hydrogen) atoms. The molecule has 3 heterocycles. The van der Waals surface area contributed by atoms with Gasteiger partial charge in [0.25, 0.3) is 0 Å². The van der Waals surface area contributed by atoms with Gasteiger partial charge in [0.2, 0.25) is 5.91 Å². The van der Waals surface area contributed by atoms with Crippen molar-refractivity contribution in [1.82, 2.24) is 19.8 Å². The number of hydrogen-bond acceptors (Lipinski definition) is 3. The number of aryl methyl sites for hydroxylation is 2. The Hall–Kier alpha value is -1.88. The van der Waals surface area contributed by atoms with Crippen LogP contribution < -0.4 is 5.32 Å². The Balaban J connectivity index is 1.27. The lowest BCUT2D eigenvalue weighted by Crippen LogP contribution is -2.51. The van der Waals surface area contributed by atoms with Crippen LogP contribution in [0.25, 0.3) is 11.0 Å². The van der Waals surface area contributed by atoms with E-state index in [1.165, 1.54) is 50.8 Å². The molecule has 5 heteroatoms. The minimum absolute atomic E-state index is 0.180. The maximum absolute atomic E-state index is 12.3. The van der Waals surface area contributed by atoms with E-state index in [0.29, 0.717) is 18.4 Å². The predicted molar refractivity (Wildman–Crippen MR) is 104 cm³/mol. The highest BCUT2D eigenvalue weighted by Crippen LogP contribution is 2.30. The third kappa shape index (κ3) is 3.78. The Morgan fingerprint density at radius 1 is 1.23 bits per heavy atom. The summed E-state index contributed by atoms with van der Waals surface area (Å²) in [6.45, 7) is 3.36. The van der Waals surface area contributed by atoms with Gasteiger partial charge in [-0.25, -0.2) is 4.98 Å².